The molecule has 208 valence electrons. The van der Waals surface area contributed by atoms with Gasteiger partial charge in [0.15, 0.2) is 25.8 Å². The van der Waals surface area contributed by atoms with E-state index < -0.39 is 39.8 Å². The predicted molar refractivity (Wildman–Crippen MR) is 134 cm³/mol. The Hall–Kier alpha value is -3.13. The third-order valence-corrected chi connectivity index (χ3v) is 7.39. The number of imidazole rings is 1. The number of carbonyl (C=O) groups excluding carboxylic acids is 1. The second-order valence-electron chi connectivity index (χ2n) is 9.33. The highest BCUT2D eigenvalue weighted by Gasteiger charge is 2.36. The van der Waals surface area contributed by atoms with Gasteiger partial charge in [-0.15, -0.1) is 0 Å². The highest BCUT2D eigenvalue weighted by atomic mass is 35.5. The molecule has 0 aliphatic rings. The van der Waals surface area contributed by atoms with Crippen molar-refractivity contribution in [1.29, 1.82) is 0 Å². The summed E-state index contributed by atoms with van der Waals surface area (Å²) in [6.07, 6.45) is -3.27. The number of carbonyl (C=O) groups is 1. The zero-order chi connectivity index (χ0) is 28.6. The van der Waals surface area contributed by atoms with Crippen LogP contribution in [0.2, 0.25) is 5.15 Å². The summed E-state index contributed by atoms with van der Waals surface area (Å²) in [4.78, 5) is 22.8. The summed E-state index contributed by atoms with van der Waals surface area (Å²) in [5.41, 5.74) is -1.57. The van der Waals surface area contributed by atoms with E-state index in [4.69, 9.17) is 16.3 Å². The Morgan fingerprint density at radius 2 is 1.87 bits per heavy atom. The van der Waals surface area contributed by atoms with Crippen LogP contribution >= 0.6 is 11.6 Å². The van der Waals surface area contributed by atoms with Gasteiger partial charge in [-0.05, 0) is 44.9 Å². The fraction of sp³-hybridized carbons (Fsp3) is 0.478. The summed E-state index contributed by atoms with van der Waals surface area (Å²) in [5.74, 6) is -0.572. The van der Waals surface area contributed by atoms with Crippen molar-refractivity contribution in [3.05, 3.63) is 46.5 Å². The van der Waals surface area contributed by atoms with Crippen molar-refractivity contribution < 1.29 is 31.1 Å². The zero-order valence-corrected chi connectivity index (χ0v) is 23.2. The number of nitrogens with zero attached hydrogens (tertiary/aromatic N) is 6. The van der Waals surface area contributed by atoms with Crippen LogP contribution in [0.4, 0.5) is 23.8 Å². The Kier molecular flexibility index (Phi) is 8.18. The van der Waals surface area contributed by atoms with E-state index in [0.717, 1.165) is 11.0 Å². The maximum Gasteiger partial charge on any atom is 0.417 e. The number of sulfone groups is 1. The Morgan fingerprint density at radius 3 is 2.37 bits per heavy atom. The van der Waals surface area contributed by atoms with Gasteiger partial charge in [0.1, 0.15) is 5.60 Å². The van der Waals surface area contributed by atoms with Gasteiger partial charge in [-0.2, -0.15) is 23.3 Å². The van der Waals surface area contributed by atoms with Crippen LogP contribution in [0.25, 0.3) is 5.95 Å². The summed E-state index contributed by atoms with van der Waals surface area (Å²) in [6.45, 7) is 7.54. The van der Waals surface area contributed by atoms with Crippen LogP contribution in [-0.2, 0) is 40.8 Å². The summed E-state index contributed by atoms with van der Waals surface area (Å²) >= 11 is 5.94. The zero-order valence-electron chi connectivity index (χ0n) is 21.7. The standard InChI is InChI=1S/C23H28ClF3N6O4S/c1-7-14-11-15(23(25,26)27)12-28-16(14)13-32(21(34)37-22(3,4)5)18-19(38(35,36)8-2)31(6)20(29-18)33-10-9-17(24)30-33/h9-12H,7-8,13H2,1-6H3. The van der Waals surface area contributed by atoms with Crippen LogP contribution < -0.4 is 4.90 Å². The molecule has 0 unspecified atom stereocenters. The van der Waals surface area contributed by atoms with Crippen LogP contribution in [-0.4, -0.2) is 50.2 Å². The van der Waals surface area contributed by atoms with Crippen molar-refractivity contribution in [2.45, 2.75) is 64.4 Å². The second kappa shape index (κ2) is 10.6. The van der Waals surface area contributed by atoms with E-state index in [1.54, 1.807) is 27.7 Å². The largest absolute Gasteiger partial charge is 0.443 e. The lowest BCUT2D eigenvalue weighted by Crippen LogP contribution is -2.38. The Bertz CT molecular complexity index is 1440. The molecule has 0 fully saturated rings. The van der Waals surface area contributed by atoms with Gasteiger partial charge in [0.2, 0.25) is 5.95 Å². The molecule has 10 nitrogen and oxygen atoms in total. The van der Waals surface area contributed by atoms with E-state index in [1.165, 1.54) is 35.5 Å². The summed E-state index contributed by atoms with van der Waals surface area (Å²) in [5, 5.41) is 3.88. The highest BCUT2D eigenvalue weighted by Crippen LogP contribution is 2.33. The molecule has 0 atom stereocenters. The minimum atomic E-state index is -4.61. The van der Waals surface area contributed by atoms with Crippen molar-refractivity contribution in [3.63, 3.8) is 0 Å². The molecule has 3 rings (SSSR count). The number of pyridine rings is 1. The SMILES string of the molecule is CCc1cc(C(F)(F)F)cnc1CN(C(=O)OC(C)(C)C)c1nc(-n2ccc(Cl)n2)n(C)c1S(=O)(=O)CC. The molecule has 0 aromatic carbocycles. The molecule has 0 aliphatic carbocycles. The van der Waals surface area contributed by atoms with Crippen molar-refractivity contribution in [2.75, 3.05) is 10.7 Å². The maximum atomic E-state index is 13.4. The molecule has 3 heterocycles. The molecule has 0 N–H and O–H groups in total. The van der Waals surface area contributed by atoms with Crippen LogP contribution in [0.15, 0.2) is 29.6 Å². The number of hydrogen-bond acceptors (Lipinski definition) is 7. The summed E-state index contributed by atoms with van der Waals surface area (Å²) < 4.78 is 74.3. The first-order chi connectivity index (χ1) is 17.5. The summed E-state index contributed by atoms with van der Waals surface area (Å²) in [7, 11) is -2.55. The maximum absolute atomic E-state index is 13.4. The molecule has 0 aliphatic heterocycles. The van der Waals surface area contributed by atoms with Gasteiger partial charge in [-0.3, -0.25) is 9.88 Å². The van der Waals surface area contributed by atoms with Crippen molar-refractivity contribution in [1.82, 2.24) is 24.3 Å². The minimum absolute atomic E-state index is 0.0311. The molecular weight excluding hydrogens is 549 g/mol. The Morgan fingerprint density at radius 1 is 1.21 bits per heavy atom. The molecule has 3 aromatic heterocycles. The first-order valence-corrected chi connectivity index (χ1v) is 13.6. The lowest BCUT2D eigenvalue weighted by atomic mass is 10.1. The molecule has 0 bridgehead atoms. The van der Waals surface area contributed by atoms with E-state index in [9.17, 15) is 26.4 Å². The number of halogens is 4. The molecular formula is C23H28ClF3N6O4S. The quantitative estimate of drug-likeness (QED) is 0.390. The van der Waals surface area contributed by atoms with Crippen LogP contribution in [0.3, 0.4) is 0 Å². The normalized spacial score (nSPS) is 12.6. The molecule has 0 saturated carbocycles. The van der Waals surface area contributed by atoms with E-state index in [0.29, 0.717) is 6.20 Å². The third-order valence-electron chi connectivity index (χ3n) is 5.38. The van der Waals surface area contributed by atoms with Crippen LogP contribution in [0, 0.1) is 0 Å². The van der Waals surface area contributed by atoms with E-state index >= 15 is 0 Å². The number of amides is 1. The first kappa shape index (κ1) is 29.4. The third kappa shape index (κ3) is 6.29. The molecule has 1 amide bonds. The average Bonchev–Trinajstić information content (AvgIpc) is 3.38. The molecule has 38 heavy (non-hydrogen) atoms. The van der Waals surface area contributed by atoms with E-state index in [-0.39, 0.29) is 45.4 Å². The molecule has 0 spiro atoms. The van der Waals surface area contributed by atoms with Gasteiger partial charge in [0.05, 0.1) is 23.6 Å². The number of anilines is 1. The van der Waals surface area contributed by atoms with Gasteiger partial charge in [0, 0.05) is 19.4 Å². The fourth-order valence-electron chi connectivity index (χ4n) is 3.57. The van der Waals surface area contributed by atoms with Gasteiger partial charge < -0.3 is 9.30 Å². The van der Waals surface area contributed by atoms with Crippen molar-refractivity contribution in [3.8, 4) is 5.95 Å². The molecule has 0 radical (unpaired) electrons. The van der Waals surface area contributed by atoms with Gasteiger partial charge in [-0.25, -0.2) is 17.9 Å². The summed E-state index contributed by atoms with van der Waals surface area (Å²) in [6, 6.07) is 2.42. The number of hydrogen-bond donors (Lipinski definition) is 0. The first-order valence-electron chi connectivity index (χ1n) is 11.5. The number of alkyl halides is 3. The fourth-order valence-corrected chi connectivity index (χ4v) is 4.92. The lowest BCUT2D eigenvalue weighted by molar-refractivity contribution is -0.137. The topological polar surface area (TPSA) is 112 Å². The Labute approximate surface area is 223 Å². The van der Waals surface area contributed by atoms with Crippen LogP contribution in [0.5, 0.6) is 0 Å². The number of aromatic nitrogens is 5. The van der Waals surface area contributed by atoms with Gasteiger partial charge >= 0.3 is 12.3 Å². The monoisotopic (exact) mass is 576 g/mol. The number of ether oxygens (including phenoxy) is 1. The van der Waals surface area contributed by atoms with Gasteiger partial charge in [-0.1, -0.05) is 25.4 Å². The van der Waals surface area contributed by atoms with Crippen molar-refractivity contribution >= 4 is 33.3 Å². The van der Waals surface area contributed by atoms with E-state index in [1.807, 2.05) is 0 Å². The number of aryl methyl sites for hydroxylation is 1. The number of rotatable bonds is 7. The lowest BCUT2D eigenvalue weighted by Gasteiger charge is -2.27. The predicted octanol–water partition coefficient (Wildman–Crippen LogP) is 4.97. The molecule has 0 saturated heterocycles. The van der Waals surface area contributed by atoms with Gasteiger partial charge in [0.25, 0.3) is 0 Å². The molecule has 3 aromatic rings. The minimum Gasteiger partial charge on any atom is -0.443 e. The Balaban J connectivity index is 2.26. The highest BCUT2D eigenvalue weighted by molar-refractivity contribution is 7.91. The van der Waals surface area contributed by atoms with Crippen LogP contribution in [0.1, 0.15) is 51.4 Å². The van der Waals surface area contributed by atoms with Crippen molar-refractivity contribution in [2.24, 2.45) is 7.05 Å². The van der Waals surface area contributed by atoms with E-state index in [2.05, 4.69) is 15.1 Å². The second-order valence-corrected chi connectivity index (χ2v) is 11.9. The smallest absolute Gasteiger partial charge is 0.417 e. The average molecular weight is 577 g/mol. The molecule has 15 heteroatoms.